The second kappa shape index (κ2) is 5.16. The van der Waals surface area contributed by atoms with Gasteiger partial charge in [-0.05, 0) is 25.0 Å². The first kappa shape index (κ1) is 13.0. The summed E-state index contributed by atoms with van der Waals surface area (Å²) in [6.45, 7) is 1.56. The summed E-state index contributed by atoms with van der Waals surface area (Å²) < 4.78 is 26.6. The molecule has 2 heterocycles. The molecule has 7 heteroatoms. The minimum Gasteiger partial charge on any atom is -0.339 e. The van der Waals surface area contributed by atoms with Crippen molar-refractivity contribution in [2.75, 3.05) is 18.0 Å². The van der Waals surface area contributed by atoms with Crippen molar-refractivity contribution in [1.82, 2.24) is 15.2 Å². The Balaban J connectivity index is 1.83. The number of H-pyrrole nitrogens is 1. The van der Waals surface area contributed by atoms with Crippen molar-refractivity contribution < 1.29 is 8.78 Å². The summed E-state index contributed by atoms with van der Waals surface area (Å²) in [5.41, 5.74) is 6.05. The van der Waals surface area contributed by atoms with Gasteiger partial charge in [-0.1, -0.05) is 0 Å². The molecule has 0 spiro atoms. The fraction of sp³-hybridized carbons (Fsp3) is 0.385. The number of nitrogens with two attached hydrogens (primary N) is 1. The molecule has 0 atom stereocenters. The summed E-state index contributed by atoms with van der Waals surface area (Å²) in [6, 6.07) is 3.60. The third kappa shape index (κ3) is 2.49. The maximum absolute atomic E-state index is 13.7. The van der Waals surface area contributed by atoms with E-state index in [9.17, 15) is 8.78 Å². The molecule has 1 aliphatic rings. The SMILES string of the molecule is NC1CCN(c2n[nH]c(-c3ccc(F)cc3F)n2)CC1. The smallest absolute Gasteiger partial charge is 0.245 e. The quantitative estimate of drug-likeness (QED) is 0.877. The van der Waals surface area contributed by atoms with Gasteiger partial charge in [0.25, 0.3) is 0 Å². The van der Waals surface area contributed by atoms with Crippen molar-refractivity contribution in [3.63, 3.8) is 0 Å². The minimum absolute atomic E-state index is 0.207. The Morgan fingerprint density at radius 2 is 2.00 bits per heavy atom. The molecule has 0 unspecified atom stereocenters. The van der Waals surface area contributed by atoms with Crippen LogP contribution in [-0.4, -0.2) is 34.3 Å². The molecule has 2 aromatic rings. The number of hydrogen-bond donors (Lipinski definition) is 2. The lowest BCUT2D eigenvalue weighted by molar-refractivity contribution is 0.496. The Morgan fingerprint density at radius 3 is 2.70 bits per heavy atom. The standard InChI is InChI=1S/C13H15F2N5/c14-8-1-2-10(11(15)7-8)12-17-13(19-18-12)20-5-3-9(16)4-6-20/h1-2,7,9H,3-6,16H2,(H,17,18,19). The van der Waals surface area contributed by atoms with Crippen molar-refractivity contribution in [3.8, 4) is 11.4 Å². The Labute approximate surface area is 114 Å². The minimum atomic E-state index is -0.659. The topological polar surface area (TPSA) is 70.8 Å². The van der Waals surface area contributed by atoms with Crippen molar-refractivity contribution in [1.29, 1.82) is 0 Å². The number of nitrogens with zero attached hydrogens (tertiary/aromatic N) is 3. The van der Waals surface area contributed by atoms with Crippen LogP contribution in [0.1, 0.15) is 12.8 Å². The maximum atomic E-state index is 13.7. The molecular formula is C13H15F2N5. The molecule has 0 bridgehead atoms. The van der Waals surface area contributed by atoms with Crippen LogP contribution in [0.25, 0.3) is 11.4 Å². The van der Waals surface area contributed by atoms with E-state index in [-0.39, 0.29) is 11.6 Å². The fourth-order valence-electron chi connectivity index (χ4n) is 2.30. The molecule has 0 amide bonds. The predicted molar refractivity (Wildman–Crippen MR) is 71.2 cm³/mol. The maximum Gasteiger partial charge on any atom is 0.245 e. The molecule has 3 N–H and O–H groups in total. The lowest BCUT2D eigenvalue weighted by Gasteiger charge is -2.28. The first-order chi connectivity index (χ1) is 9.63. The average molecular weight is 279 g/mol. The molecule has 0 aliphatic carbocycles. The van der Waals surface area contributed by atoms with Gasteiger partial charge in [-0.25, -0.2) is 8.78 Å². The molecule has 20 heavy (non-hydrogen) atoms. The highest BCUT2D eigenvalue weighted by Crippen LogP contribution is 2.22. The van der Waals surface area contributed by atoms with E-state index in [0.717, 1.165) is 32.0 Å². The summed E-state index contributed by atoms with van der Waals surface area (Å²) in [5.74, 6) is -0.452. The van der Waals surface area contributed by atoms with Crippen LogP contribution in [0, 0.1) is 11.6 Å². The number of benzene rings is 1. The van der Waals surface area contributed by atoms with E-state index in [1.54, 1.807) is 0 Å². The van der Waals surface area contributed by atoms with Crippen molar-refractivity contribution in [2.45, 2.75) is 18.9 Å². The molecule has 106 valence electrons. The number of rotatable bonds is 2. The molecule has 1 aromatic carbocycles. The van der Waals surface area contributed by atoms with Gasteiger partial charge in [0.2, 0.25) is 5.95 Å². The Kier molecular flexibility index (Phi) is 3.35. The number of anilines is 1. The van der Waals surface area contributed by atoms with Gasteiger partial charge in [0, 0.05) is 25.2 Å². The molecule has 3 rings (SSSR count). The molecule has 1 saturated heterocycles. The van der Waals surface area contributed by atoms with Gasteiger partial charge in [-0.15, -0.1) is 5.10 Å². The average Bonchev–Trinajstić information content (AvgIpc) is 2.89. The zero-order valence-electron chi connectivity index (χ0n) is 10.8. The van der Waals surface area contributed by atoms with E-state index < -0.39 is 11.6 Å². The van der Waals surface area contributed by atoms with Crippen LogP contribution >= 0.6 is 0 Å². The number of piperidine rings is 1. The van der Waals surface area contributed by atoms with Crippen LogP contribution in [0.2, 0.25) is 0 Å². The monoisotopic (exact) mass is 279 g/mol. The largest absolute Gasteiger partial charge is 0.339 e. The Bertz CT molecular complexity index is 605. The molecular weight excluding hydrogens is 264 g/mol. The van der Waals surface area contributed by atoms with E-state index in [1.807, 2.05) is 4.90 Å². The van der Waals surface area contributed by atoms with Crippen LogP contribution in [0.3, 0.4) is 0 Å². The number of aromatic nitrogens is 3. The summed E-state index contributed by atoms with van der Waals surface area (Å²) in [5, 5.41) is 6.79. The molecule has 5 nitrogen and oxygen atoms in total. The first-order valence-electron chi connectivity index (χ1n) is 6.52. The molecule has 0 radical (unpaired) electrons. The number of halogens is 2. The molecule has 1 aliphatic heterocycles. The van der Waals surface area contributed by atoms with Crippen molar-refractivity contribution >= 4 is 5.95 Å². The molecule has 1 aromatic heterocycles. The van der Waals surface area contributed by atoms with Crippen LogP contribution in [0.15, 0.2) is 18.2 Å². The zero-order valence-corrected chi connectivity index (χ0v) is 10.8. The van der Waals surface area contributed by atoms with Gasteiger partial charge in [0.15, 0.2) is 5.82 Å². The van der Waals surface area contributed by atoms with Crippen LogP contribution in [0.4, 0.5) is 14.7 Å². The highest BCUT2D eigenvalue weighted by atomic mass is 19.1. The summed E-state index contributed by atoms with van der Waals surface area (Å²) in [6.07, 6.45) is 1.77. The van der Waals surface area contributed by atoms with Crippen LogP contribution in [0.5, 0.6) is 0 Å². The predicted octanol–water partition coefficient (Wildman–Crippen LogP) is 1.68. The van der Waals surface area contributed by atoms with Gasteiger partial charge in [-0.3, -0.25) is 5.10 Å². The molecule has 0 saturated carbocycles. The Morgan fingerprint density at radius 1 is 1.25 bits per heavy atom. The van der Waals surface area contributed by atoms with E-state index in [1.165, 1.54) is 12.1 Å². The highest BCUT2D eigenvalue weighted by molar-refractivity contribution is 5.57. The lowest BCUT2D eigenvalue weighted by atomic mass is 10.1. The van der Waals surface area contributed by atoms with Crippen LogP contribution in [-0.2, 0) is 0 Å². The summed E-state index contributed by atoms with van der Waals surface area (Å²) in [7, 11) is 0. The summed E-state index contributed by atoms with van der Waals surface area (Å²) >= 11 is 0. The number of nitrogens with one attached hydrogen (secondary N) is 1. The van der Waals surface area contributed by atoms with Gasteiger partial charge in [0.1, 0.15) is 11.6 Å². The summed E-state index contributed by atoms with van der Waals surface area (Å²) in [4.78, 5) is 6.28. The van der Waals surface area contributed by atoms with E-state index in [4.69, 9.17) is 5.73 Å². The number of hydrogen-bond acceptors (Lipinski definition) is 4. The van der Waals surface area contributed by atoms with Crippen LogP contribution < -0.4 is 10.6 Å². The third-order valence-corrected chi connectivity index (χ3v) is 3.48. The van der Waals surface area contributed by atoms with E-state index >= 15 is 0 Å². The normalized spacial score (nSPS) is 16.6. The van der Waals surface area contributed by atoms with Crippen molar-refractivity contribution in [3.05, 3.63) is 29.8 Å². The van der Waals surface area contributed by atoms with E-state index in [2.05, 4.69) is 15.2 Å². The lowest BCUT2D eigenvalue weighted by Crippen LogP contribution is -2.40. The highest BCUT2D eigenvalue weighted by Gasteiger charge is 2.20. The van der Waals surface area contributed by atoms with Gasteiger partial charge in [-0.2, -0.15) is 4.98 Å². The van der Waals surface area contributed by atoms with E-state index in [0.29, 0.717) is 11.8 Å². The second-order valence-corrected chi connectivity index (χ2v) is 4.93. The first-order valence-corrected chi connectivity index (χ1v) is 6.52. The number of aromatic amines is 1. The van der Waals surface area contributed by atoms with Gasteiger partial charge >= 0.3 is 0 Å². The molecule has 1 fully saturated rings. The Hall–Kier alpha value is -2.02. The van der Waals surface area contributed by atoms with Gasteiger partial charge in [0.05, 0.1) is 5.56 Å². The zero-order chi connectivity index (χ0) is 14.1. The second-order valence-electron chi connectivity index (χ2n) is 4.93. The van der Waals surface area contributed by atoms with Gasteiger partial charge < -0.3 is 10.6 Å². The fourth-order valence-corrected chi connectivity index (χ4v) is 2.30. The third-order valence-electron chi connectivity index (χ3n) is 3.48. The van der Waals surface area contributed by atoms with Crippen molar-refractivity contribution in [2.24, 2.45) is 5.73 Å².